The van der Waals surface area contributed by atoms with Gasteiger partial charge in [-0.2, -0.15) is 0 Å². The highest BCUT2D eigenvalue weighted by molar-refractivity contribution is 5.78. The monoisotopic (exact) mass is 268 g/mol. The van der Waals surface area contributed by atoms with E-state index >= 15 is 0 Å². The average molecular weight is 268 g/mol. The third kappa shape index (κ3) is 4.64. The molecule has 0 amide bonds. The van der Waals surface area contributed by atoms with Crippen LogP contribution in [0, 0.1) is 17.3 Å². The molecule has 1 fully saturated rings. The van der Waals surface area contributed by atoms with Crippen molar-refractivity contribution in [2.75, 3.05) is 19.8 Å². The van der Waals surface area contributed by atoms with Gasteiger partial charge in [0.05, 0.1) is 12.5 Å². The standard InChI is InChI=1S/C16H28O3/c1-6-7-8-18-9-10-19-15(17)14-13(11-12(2)3)16(14,4)5/h11,13-14H,6-10H2,1-5H3/t13-,14-/m0/s1. The molecule has 19 heavy (non-hydrogen) atoms. The number of hydrogen-bond donors (Lipinski definition) is 0. The summed E-state index contributed by atoms with van der Waals surface area (Å²) in [5.41, 5.74) is 1.30. The third-order valence-corrected chi connectivity index (χ3v) is 3.79. The maximum atomic E-state index is 12.0. The minimum atomic E-state index is -0.0772. The largest absolute Gasteiger partial charge is 0.463 e. The summed E-state index contributed by atoms with van der Waals surface area (Å²) >= 11 is 0. The molecule has 0 radical (unpaired) electrons. The minimum absolute atomic E-state index is 0.0121. The fourth-order valence-corrected chi connectivity index (χ4v) is 2.44. The van der Waals surface area contributed by atoms with E-state index in [1.165, 1.54) is 5.57 Å². The van der Waals surface area contributed by atoms with Crippen LogP contribution in [0.5, 0.6) is 0 Å². The van der Waals surface area contributed by atoms with E-state index in [1.807, 2.05) is 0 Å². The second-order valence-electron chi connectivity index (χ2n) is 6.20. The van der Waals surface area contributed by atoms with Gasteiger partial charge in [-0.05, 0) is 31.6 Å². The summed E-state index contributed by atoms with van der Waals surface area (Å²) in [5, 5.41) is 0. The number of carbonyl (C=O) groups is 1. The highest BCUT2D eigenvalue weighted by Crippen LogP contribution is 2.59. The Balaban J connectivity index is 2.26. The van der Waals surface area contributed by atoms with E-state index in [1.54, 1.807) is 0 Å². The van der Waals surface area contributed by atoms with Gasteiger partial charge in [0, 0.05) is 6.61 Å². The zero-order valence-electron chi connectivity index (χ0n) is 13.0. The van der Waals surface area contributed by atoms with Gasteiger partial charge >= 0.3 is 5.97 Å². The molecule has 0 bridgehead atoms. The van der Waals surface area contributed by atoms with Crippen molar-refractivity contribution in [1.29, 1.82) is 0 Å². The van der Waals surface area contributed by atoms with Crippen molar-refractivity contribution in [3.8, 4) is 0 Å². The van der Waals surface area contributed by atoms with Crippen molar-refractivity contribution < 1.29 is 14.3 Å². The van der Waals surface area contributed by atoms with Crippen molar-refractivity contribution >= 4 is 5.97 Å². The number of hydrogen-bond acceptors (Lipinski definition) is 3. The van der Waals surface area contributed by atoms with Gasteiger partial charge in [0.25, 0.3) is 0 Å². The minimum Gasteiger partial charge on any atom is -0.463 e. The molecule has 3 heteroatoms. The number of carbonyl (C=O) groups excluding carboxylic acids is 1. The lowest BCUT2D eigenvalue weighted by atomic mass is 10.1. The summed E-state index contributed by atoms with van der Waals surface area (Å²) in [7, 11) is 0. The van der Waals surface area contributed by atoms with Crippen LogP contribution in [-0.2, 0) is 14.3 Å². The van der Waals surface area contributed by atoms with Crippen LogP contribution < -0.4 is 0 Å². The van der Waals surface area contributed by atoms with Gasteiger partial charge in [0.15, 0.2) is 0 Å². The molecule has 0 unspecified atom stereocenters. The summed E-state index contributed by atoms with van der Waals surface area (Å²) in [6.45, 7) is 12.1. The topological polar surface area (TPSA) is 35.5 Å². The van der Waals surface area contributed by atoms with Gasteiger partial charge < -0.3 is 9.47 Å². The number of esters is 1. The van der Waals surface area contributed by atoms with Crippen LogP contribution in [0.3, 0.4) is 0 Å². The molecule has 1 aliphatic rings. The molecular formula is C16H28O3. The first kappa shape index (κ1) is 16.2. The van der Waals surface area contributed by atoms with Crippen LogP contribution in [0.15, 0.2) is 11.6 Å². The van der Waals surface area contributed by atoms with Gasteiger partial charge in [0.1, 0.15) is 6.61 Å². The molecular weight excluding hydrogens is 240 g/mol. The smallest absolute Gasteiger partial charge is 0.310 e. The second kappa shape index (κ2) is 7.09. The molecule has 0 aromatic rings. The SMILES string of the molecule is CCCCOCCOC(=O)[C@@H]1[C@H](C=C(C)C)C1(C)C. The highest BCUT2D eigenvalue weighted by atomic mass is 16.6. The Morgan fingerprint density at radius 1 is 1.21 bits per heavy atom. The van der Waals surface area contributed by atoms with Crippen LogP contribution in [0.25, 0.3) is 0 Å². The van der Waals surface area contributed by atoms with Crippen LogP contribution in [0.1, 0.15) is 47.5 Å². The van der Waals surface area contributed by atoms with E-state index in [9.17, 15) is 4.79 Å². The normalized spacial score (nSPS) is 23.8. The molecule has 0 aliphatic heterocycles. The summed E-state index contributed by atoms with van der Waals surface area (Å²) in [5.74, 6) is 0.260. The van der Waals surface area contributed by atoms with E-state index in [-0.39, 0.29) is 17.3 Å². The number of rotatable bonds is 8. The lowest BCUT2D eigenvalue weighted by Crippen LogP contribution is -2.14. The van der Waals surface area contributed by atoms with E-state index in [0.717, 1.165) is 19.4 Å². The van der Waals surface area contributed by atoms with Gasteiger partial charge in [-0.3, -0.25) is 4.79 Å². The Hall–Kier alpha value is -0.830. The molecule has 1 aliphatic carbocycles. The Bertz CT molecular complexity index is 327. The number of ether oxygens (including phenoxy) is 2. The lowest BCUT2D eigenvalue weighted by molar-refractivity contribution is -0.147. The second-order valence-corrected chi connectivity index (χ2v) is 6.20. The van der Waals surface area contributed by atoms with E-state index in [2.05, 4.69) is 40.7 Å². The molecule has 1 rings (SSSR count). The maximum absolute atomic E-state index is 12.0. The van der Waals surface area contributed by atoms with Crippen molar-refractivity contribution in [2.24, 2.45) is 17.3 Å². The molecule has 0 N–H and O–H groups in total. The van der Waals surface area contributed by atoms with Crippen LogP contribution in [-0.4, -0.2) is 25.8 Å². The maximum Gasteiger partial charge on any atom is 0.310 e. The van der Waals surface area contributed by atoms with Crippen molar-refractivity contribution in [3.05, 3.63) is 11.6 Å². The molecule has 2 atom stereocenters. The van der Waals surface area contributed by atoms with Crippen molar-refractivity contribution in [1.82, 2.24) is 0 Å². The molecule has 0 saturated heterocycles. The van der Waals surface area contributed by atoms with E-state index in [0.29, 0.717) is 19.1 Å². The van der Waals surface area contributed by atoms with Gasteiger partial charge in [-0.1, -0.05) is 38.8 Å². The van der Waals surface area contributed by atoms with Crippen molar-refractivity contribution in [2.45, 2.75) is 47.5 Å². The number of unbranched alkanes of at least 4 members (excludes halogenated alkanes) is 1. The fourth-order valence-electron chi connectivity index (χ4n) is 2.44. The Labute approximate surface area is 117 Å². The molecule has 3 nitrogen and oxygen atoms in total. The molecule has 110 valence electrons. The predicted molar refractivity (Wildman–Crippen MR) is 76.9 cm³/mol. The van der Waals surface area contributed by atoms with Gasteiger partial charge in [-0.15, -0.1) is 0 Å². The Morgan fingerprint density at radius 3 is 2.47 bits per heavy atom. The molecule has 0 aromatic carbocycles. The Kier molecular flexibility index (Phi) is 6.05. The van der Waals surface area contributed by atoms with Gasteiger partial charge in [0.2, 0.25) is 0 Å². The lowest BCUT2D eigenvalue weighted by Gasteiger charge is -2.06. The molecule has 0 heterocycles. The highest BCUT2D eigenvalue weighted by Gasteiger charge is 2.61. The predicted octanol–water partition coefficient (Wildman–Crippen LogP) is 3.58. The zero-order chi connectivity index (χ0) is 14.5. The Morgan fingerprint density at radius 2 is 1.89 bits per heavy atom. The van der Waals surface area contributed by atoms with Crippen LogP contribution >= 0.6 is 0 Å². The average Bonchev–Trinajstić information content (AvgIpc) is 2.84. The molecule has 0 spiro atoms. The third-order valence-electron chi connectivity index (χ3n) is 3.79. The fraction of sp³-hybridized carbons (Fsp3) is 0.812. The summed E-state index contributed by atoms with van der Waals surface area (Å²) < 4.78 is 10.7. The molecule has 1 saturated carbocycles. The molecule has 0 aromatic heterocycles. The van der Waals surface area contributed by atoms with E-state index < -0.39 is 0 Å². The van der Waals surface area contributed by atoms with Crippen molar-refractivity contribution in [3.63, 3.8) is 0 Å². The first-order chi connectivity index (χ1) is 8.91. The first-order valence-corrected chi connectivity index (χ1v) is 7.30. The number of allylic oxidation sites excluding steroid dienone is 2. The first-order valence-electron chi connectivity index (χ1n) is 7.30. The van der Waals surface area contributed by atoms with Gasteiger partial charge in [-0.25, -0.2) is 0 Å². The summed E-state index contributed by atoms with van der Waals surface area (Å²) in [4.78, 5) is 12.0. The van der Waals surface area contributed by atoms with E-state index in [4.69, 9.17) is 9.47 Å². The summed E-state index contributed by atoms with van der Waals surface area (Å²) in [6, 6.07) is 0. The van der Waals surface area contributed by atoms with Crippen LogP contribution in [0.2, 0.25) is 0 Å². The van der Waals surface area contributed by atoms with Crippen LogP contribution in [0.4, 0.5) is 0 Å². The quantitative estimate of drug-likeness (QED) is 0.383. The summed E-state index contributed by atoms with van der Waals surface area (Å²) in [6.07, 6.45) is 4.37. The zero-order valence-corrected chi connectivity index (χ0v) is 13.0.